The predicted molar refractivity (Wildman–Crippen MR) is 101 cm³/mol. The van der Waals surface area contributed by atoms with Gasteiger partial charge in [0.05, 0.1) is 6.61 Å². The summed E-state index contributed by atoms with van der Waals surface area (Å²) in [4.78, 5) is 2.55. The summed E-state index contributed by atoms with van der Waals surface area (Å²) in [6.45, 7) is 4.23. The topological polar surface area (TPSA) is 38.5 Å². The van der Waals surface area contributed by atoms with E-state index in [0.29, 0.717) is 5.92 Å². The molecule has 0 bridgehead atoms. The fraction of sp³-hybridized carbons (Fsp3) is 0.400. The first-order chi connectivity index (χ1) is 11.7. The molecule has 0 spiro atoms. The van der Waals surface area contributed by atoms with Crippen molar-refractivity contribution in [1.29, 1.82) is 0 Å². The molecule has 1 saturated heterocycles. The van der Waals surface area contributed by atoms with Gasteiger partial charge in [-0.3, -0.25) is 0 Å². The molecule has 1 aliphatic heterocycles. The van der Waals surface area contributed by atoms with Crippen LogP contribution in [0.4, 0.5) is 5.69 Å². The molecule has 0 aliphatic carbocycles. The van der Waals surface area contributed by atoms with E-state index < -0.39 is 0 Å². The van der Waals surface area contributed by atoms with Crippen molar-refractivity contribution in [1.82, 2.24) is 4.90 Å². The first-order valence-electron chi connectivity index (χ1n) is 8.64. The van der Waals surface area contributed by atoms with Gasteiger partial charge in [0, 0.05) is 17.3 Å². The summed E-state index contributed by atoms with van der Waals surface area (Å²) in [5.74, 6) is 1.56. The van der Waals surface area contributed by atoms with Crippen molar-refractivity contribution in [2.24, 2.45) is 5.92 Å². The maximum atomic E-state index is 5.93. The minimum absolute atomic E-state index is 0.648. The van der Waals surface area contributed by atoms with Gasteiger partial charge in [0.25, 0.3) is 0 Å². The van der Waals surface area contributed by atoms with Crippen LogP contribution in [-0.4, -0.2) is 31.1 Å². The number of nitrogens with zero attached hydrogens (tertiary/aromatic N) is 1. The fourth-order valence-corrected chi connectivity index (χ4v) is 3.22. The van der Waals surface area contributed by atoms with Crippen molar-refractivity contribution in [2.45, 2.75) is 19.3 Å². The van der Waals surface area contributed by atoms with Crippen molar-refractivity contribution in [3.63, 3.8) is 0 Å². The summed E-state index contributed by atoms with van der Waals surface area (Å²) < 4.78 is 5.89. The Balaban J connectivity index is 1.36. The van der Waals surface area contributed by atoms with E-state index in [9.17, 15) is 0 Å². The molecule has 2 aromatic carbocycles. The van der Waals surface area contributed by atoms with Crippen LogP contribution in [0.5, 0.6) is 5.75 Å². The molecule has 0 aromatic heterocycles. The number of benzene rings is 2. The molecule has 2 N–H and O–H groups in total. The van der Waals surface area contributed by atoms with E-state index in [2.05, 4.69) is 17.0 Å². The van der Waals surface area contributed by atoms with Crippen LogP contribution in [0, 0.1) is 5.92 Å². The van der Waals surface area contributed by atoms with E-state index in [1.807, 2.05) is 36.4 Å². The predicted octanol–water partition coefficient (Wildman–Crippen LogP) is 4.26. The summed E-state index contributed by atoms with van der Waals surface area (Å²) in [7, 11) is 0. The van der Waals surface area contributed by atoms with E-state index >= 15 is 0 Å². The number of rotatable bonds is 6. The van der Waals surface area contributed by atoms with Gasteiger partial charge in [0.1, 0.15) is 5.75 Å². The molecule has 1 aliphatic rings. The van der Waals surface area contributed by atoms with Crippen LogP contribution in [0.2, 0.25) is 5.02 Å². The summed E-state index contributed by atoms with van der Waals surface area (Å²) in [6, 6.07) is 15.8. The molecule has 2 aromatic rings. The van der Waals surface area contributed by atoms with E-state index in [1.54, 1.807) is 0 Å². The minimum Gasteiger partial charge on any atom is -0.493 e. The molecule has 0 atom stereocenters. The third-order valence-corrected chi connectivity index (χ3v) is 4.95. The van der Waals surface area contributed by atoms with E-state index in [4.69, 9.17) is 22.1 Å². The number of halogens is 1. The third kappa shape index (κ3) is 5.15. The third-order valence-electron chi connectivity index (χ3n) is 4.70. The highest BCUT2D eigenvalue weighted by molar-refractivity contribution is 6.30. The zero-order valence-electron chi connectivity index (χ0n) is 14.0. The fourth-order valence-electron chi connectivity index (χ4n) is 3.09. The van der Waals surface area contributed by atoms with Gasteiger partial charge in [0.2, 0.25) is 0 Å². The Hall–Kier alpha value is -1.71. The van der Waals surface area contributed by atoms with Crippen molar-refractivity contribution < 1.29 is 4.74 Å². The number of anilines is 1. The monoisotopic (exact) mass is 344 g/mol. The molecular formula is C20H25ClN2O. The Morgan fingerprint density at radius 3 is 2.33 bits per heavy atom. The summed E-state index contributed by atoms with van der Waals surface area (Å²) in [5, 5.41) is 0.806. The largest absolute Gasteiger partial charge is 0.493 e. The van der Waals surface area contributed by atoms with Gasteiger partial charge in [-0.1, -0.05) is 23.7 Å². The molecule has 0 radical (unpaired) electrons. The van der Waals surface area contributed by atoms with Crippen LogP contribution in [0.25, 0.3) is 0 Å². The average molecular weight is 345 g/mol. The zero-order valence-corrected chi connectivity index (χ0v) is 14.7. The smallest absolute Gasteiger partial charge is 0.119 e. The molecule has 24 heavy (non-hydrogen) atoms. The number of nitrogens with two attached hydrogens (primary N) is 1. The first-order valence-corrected chi connectivity index (χ1v) is 9.02. The molecule has 0 saturated carbocycles. The lowest BCUT2D eigenvalue weighted by Gasteiger charge is -2.31. The molecule has 1 fully saturated rings. The van der Waals surface area contributed by atoms with Crippen LogP contribution in [0.15, 0.2) is 48.5 Å². The normalized spacial score (nSPS) is 16.2. The van der Waals surface area contributed by atoms with E-state index in [-0.39, 0.29) is 0 Å². The highest BCUT2D eigenvalue weighted by Gasteiger charge is 2.19. The molecule has 1 heterocycles. The maximum absolute atomic E-state index is 5.93. The summed E-state index contributed by atoms with van der Waals surface area (Å²) in [6.07, 6.45) is 3.49. The number of ether oxygens (including phenoxy) is 1. The summed E-state index contributed by atoms with van der Waals surface area (Å²) in [5.41, 5.74) is 7.82. The maximum Gasteiger partial charge on any atom is 0.119 e. The molecule has 3 nitrogen and oxygen atoms in total. The molecule has 0 amide bonds. The number of likely N-dealkylation sites (tertiary alicyclic amines) is 1. The van der Waals surface area contributed by atoms with Gasteiger partial charge >= 0.3 is 0 Å². The second-order valence-electron chi connectivity index (χ2n) is 6.54. The van der Waals surface area contributed by atoms with Gasteiger partial charge in [0.15, 0.2) is 0 Å². The highest BCUT2D eigenvalue weighted by Crippen LogP contribution is 2.20. The Bertz CT molecular complexity index is 562. The van der Waals surface area contributed by atoms with Gasteiger partial charge in [-0.05, 0) is 80.2 Å². The lowest BCUT2D eigenvalue weighted by molar-refractivity contribution is 0.142. The molecule has 128 valence electrons. The number of piperidine rings is 1. The van der Waals surface area contributed by atoms with Crippen LogP contribution in [-0.2, 0) is 6.42 Å². The number of nitrogen functional groups attached to an aromatic ring is 1. The van der Waals surface area contributed by atoms with Crippen LogP contribution in [0.3, 0.4) is 0 Å². The van der Waals surface area contributed by atoms with Crippen molar-refractivity contribution >= 4 is 17.3 Å². The second-order valence-corrected chi connectivity index (χ2v) is 6.98. The molecule has 0 unspecified atom stereocenters. The highest BCUT2D eigenvalue weighted by atomic mass is 35.5. The van der Waals surface area contributed by atoms with Gasteiger partial charge in [-0.15, -0.1) is 0 Å². The SMILES string of the molecule is Nc1ccc(OCC2CCN(CCc3ccc(Cl)cc3)CC2)cc1. The zero-order chi connectivity index (χ0) is 16.8. The van der Waals surface area contributed by atoms with Crippen LogP contribution < -0.4 is 10.5 Å². The molecule has 3 rings (SSSR count). The Morgan fingerprint density at radius 1 is 1.00 bits per heavy atom. The summed E-state index contributed by atoms with van der Waals surface area (Å²) >= 11 is 5.93. The Labute approximate surface area is 149 Å². The van der Waals surface area contributed by atoms with Crippen molar-refractivity contribution in [3.05, 3.63) is 59.1 Å². The quantitative estimate of drug-likeness (QED) is 0.796. The number of hydrogen-bond donors (Lipinski definition) is 1. The standard InChI is InChI=1S/C20H25ClN2O/c21-18-3-1-16(2-4-18)9-12-23-13-10-17(11-14-23)15-24-20-7-5-19(22)6-8-20/h1-8,17H,9-15,22H2. The lowest BCUT2D eigenvalue weighted by Crippen LogP contribution is -2.36. The van der Waals surface area contributed by atoms with Crippen molar-refractivity contribution in [3.8, 4) is 5.75 Å². The van der Waals surface area contributed by atoms with E-state index in [0.717, 1.165) is 49.1 Å². The van der Waals surface area contributed by atoms with Crippen molar-refractivity contribution in [2.75, 3.05) is 32.0 Å². The van der Waals surface area contributed by atoms with Gasteiger partial charge in [-0.25, -0.2) is 0 Å². The van der Waals surface area contributed by atoms with Crippen LogP contribution in [0.1, 0.15) is 18.4 Å². The second kappa shape index (κ2) is 8.41. The lowest BCUT2D eigenvalue weighted by atomic mass is 9.97. The van der Waals surface area contributed by atoms with Gasteiger partial charge in [-0.2, -0.15) is 0 Å². The van der Waals surface area contributed by atoms with Gasteiger partial charge < -0.3 is 15.4 Å². The number of hydrogen-bond acceptors (Lipinski definition) is 3. The first kappa shape index (κ1) is 17.1. The Morgan fingerprint density at radius 2 is 1.67 bits per heavy atom. The minimum atomic E-state index is 0.648. The molecular weight excluding hydrogens is 320 g/mol. The van der Waals surface area contributed by atoms with Crippen LogP contribution >= 0.6 is 11.6 Å². The van der Waals surface area contributed by atoms with E-state index in [1.165, 1.54) is 18.4 Å². The molecule has 4 heteroatoms. The average Bonchev–Trinajstić information content (AvgIpc) is 2.62. The Kier molecular flexibility index (Phi) is 6.00.